The smallest absolute Gasteiger partial charge is 0.227 e. The molecule has 3 rings (SSSR count). The van der Waals surface area contributed by atoms with Gasteiger partial charge < -0.3 is 9.84 Å². The summed E-state index contributed by atoms with van der Waals surface area (Å²) in [7, 11) is 0. The van der Waals surface area contributed by atoms with Gasteiger partial charge in [-0.1, -0.05) is 22.8 Å². The third-order valence-corrected chi connectivity index (χ3v) is 4.16. The largest absolute Gasteiger partial charge is 0.339 e. The van der Waals surface area contributed by atoms with Gasteiger partial charge in [-0.2, -0.15) is 4.98 Å². The van der Waals surface area contributed by atoms with Crippen LogP contribution in [0.3, 0.4) is 0 Å². The van der Waals surface area contributed by atoms with Crippen molar-refractivity contribution in [3.63, 3.8) is 0 Å². The van der Waals surface area contributed by atoms with Crippen molar-refractivity contribution in [2.45, 2.75) is 12.8 Å². The fraction of sp³-hybridized carbons (Fsp3) is 0.133. The lowest BCUT2D eigenvalue weighted by molar-refractivity contribution is -0.116. The van der Waals surface area contributed by atoms with E-state index in [-0.39, 0.29) is 17.4 Å². The van der Waals surface area contributed by atoms with Gasteiger partial charge in [0.2, 0.25) is 17.6 Å². The number of aromatic nitrogens is 2. The third-order valence-electron chi connectivity index (χ3n) is 2.98. The summed E-state index contributed by atoms with van der Waals surface area (Å²) in [6.07, 6.45) is 0.461. The number of aryl methyl sites for hydroxylation is 1. The van der Waals surface area contributed by atoms with E-state index in [1.54, 1.807) is 0 Å². The molecule has 23 heavy (non-hydrogen) atoms. The zero-order valence-electron chi connectivity index (χ0n) is 11.8. The molecule has 5 nitrogen and oxygen atoms in total. The minimum atomic E-state index is -0.458. The summed E-state index contributed by atoms with van der Waals surface area (Å²) in [6.45, 7) is 0. The first kappa shape index (κ1) is 15.6. The van der Waals surface area contributed by atoms with E-state index < -0.39 is 5.82 Å². The van der Waals surface area contributed by atoms with Gasteiger partial charge in [0.25, 0.3) is 0 Å². The number of nitrogens with one attached hydrogen (secondary N) is 1. The molecule has 8 heteroatoms. The molecule has 0 aliphatic rings. The van der Waals surface area contributed by atoms with E-state index in [1.165, 1.54) is 23.5 Å². The highest BCUT2D eigenvalue weighted by Crippen LogP contribution is 2.23. The molecule has 1 aromatic carbocycles. The summed E-state index contributed by atoms with van der Waals surface area (Å²) in [5, 5.41) is 8.56. The Labute approximate surface area is 140 Å². The Morgan fingerprint density at radius 1 is 1.39 bits per heavy atom. The van der Waals surface area contributed by atoms with Gasteiger partial charge in [-0.3, -0.25) is 4.79 Å². The van der Waals surface area contributed by atoms with Gasteiger partial charge in [0.15, 0.2) is 0 Å². The molecule has 0 bridgehead atoms. The first-order valence-corrected chi connectivity index (χ1v) is 7.99. The second-order valence-electron chi connectivity index (χ2n) is 4.66. The number of carbonyl (C=O) groups excluding carboxylic acids is 1. The van der Waals surface area contributed by atoms with E-state index in [1.807, 2.05) is 17.5 Å². The summed E-state index contributed by atoms with van der Waals surface area (Å²) in [5.74, 6) is 0.167. The van der Waals surface area contributed by atoms with Crippen LogP contribution in [0.15, 0.2) is 40.2 Å². The monoisotopic (exact) mass is 351 g/mol. The Morgan fingerprint density at radius 3 is 3.00 bits per heavy atom. The van der Waals surface area contributed by atoms with Gasteiger partial charge in [-0.05, 0) is 29.6 Å². The Morgan fingerprint density at radius 2 is 2.26 bits per heavy atom. The van der Waals surface area contributed by atoms with E-state index in [9.17, 15) is 9.18 Å². The van der Waals surface area contributed by atoms with Gasteiger partial charge >= 0.3 is 0 Å². The maximum absolute atomic E-state index is 12.9. The van der Waals surface area contributed by atoms with Crippen LogP contribution in [-0.4, -0.2) is 16.0 Å². The second-order valence-corrected chi connectivity index (χ2v) is 6.02. The average molecular weight is 352 g/mol. The molecule has 118 valence electrons. The number of benzene rings is 1. The molecule has 0 spiro atoms. The molecule has 0 saturated carbocycles. The highest BCUT2D eigenvalue weighted by molar-refractivity contribution is 7.13. The summed E-state index contributed by atoms with van der Waals surface area (Å²) < 4.78 is 18.1. The molecule has 1 N–H and O–H groups in total. The zero-order valence-corrected chi connectivity index (χ0v) is 13.3. The van der Waals surface area contributed by atoms with Crippen molar-refractivity contribution in [2.24, 2.45) is 0 Å². The molecule has 0 radical (unpaired) electrons. The first-order chi connectivity index (χ1) is 11.1. The van der Waals surface area contributed by atoms with Crippen LogP contribution in [0.25, 0.3) is 10.7 Å². The number of halogens is 2. The van der Waals surface area contributed by atoms with Crippen LogP contribution in [0, 0.1) is 5.82 Å². The van der Waals surface area contributed by atoms with Crippen molar-refractivity contribution in [1.29, 1.82) is 0 Å². The van der Waals surface area contributed by atoms with E-state index in [2.05, 4.69) is 15.5 Å². The lowest BCUT2D eigenvalue weighted by atomic mass is 10.2. The Kier molecular flexibility index (Phi) is 4.68. The molecule has 0 aliphatic carbocycles. The number of thiophene rings is 1. The highest BCUT2D eigenvalue weighted by Gasteiger charge is 2.12. The molecule has 0 saturated heterocycles. The maximum Gasteiger partial charge on any atom is 0.227 e. The van der Waals surface area contributed by atoms with Crippen LogP contribution in [0.5, 0.6) is 0 Å². The number of anilines is 1. The molecule has 2 heterocycles. The van der Waals surface area contributed by atoms with E-state index >= 15 is 0 Å². The summed E-state index contributed by atoms with van der Waals surface area (Å²) in [4.78, 5) is 17.1. The fourth-order valence-corrected chi connectivity index (χ4v) is 2.75. The van der Waals surface area contributed by atoms with Gasteiger partial charge in [0.1, 0.15) is 5.82 Å². The Bertz CT molecular complexity index is 820. The Hall–Kier alpha value is -2.25. The van der Waals surface area contributed by atoms with Crippen LogP contribution in [0.2, 0.25) is 5.02 Å². The van der Waals surface area contributed by atoms with Crippen LogP contribution in [0.1, 0.15) is 12.3 Å². The van der Waals surface area contributed by atoms with Crippen molar-refractivity contribution < 1.29 is 13.7 Å². The molecular weight excluding hydrogens is 341 g/mol. The van der Waals surface area contributed by atoms with Crippen LogP contribution in [0.4, 0.5) is 10.1 Å². The minimum absolute atomic E-state index is 0.149. The normalized spacial score (nSPS) is 10.7. The predicted octanol–water partition coefficient (Wildman–Crippen LogP) is 4.16. The topological polar surface area (TPSA) is 68.0 Å². The predicted molar refractivity (Wildman–Crippen MR) is 86.0 cm³/mol. The minimum Gasteiger partial charge on any atom is -0.339 e. The molecular formula is C15H11ClFN3O2S. The molecule has 1 amide bonds. The van der Waals surface area contributed by atoms with Crippen molar-refractivity contribution >= 4 is 34.5 Å². The van der Waals surface area contributed by atoms with E-state index in [0.29, 0.717) is 23.8 Å². The van der Waals surface area contributed by atoms with Crippen LogP contribution >= 0.6 is 22.9 Å². The molecule has 3 aromatic rings. The van der Waals surface area contributed by atoms with Gasteiger partial charge in [-0.15, -0.1) is 11.3 Å². The quantitative estimate of drug-likeness (QED) is 0.749. The molecule has 2 aromatic heterocycles. The highest BCUT2D eigenvalue weighted by atomic mass is 35.5. The molecule has 0 unspecified atom stereocenters. The van der Waals surface area contributed by atoms with Crippen molar-refractivity contribution in [1.82, 2.24) is 10.1 Å². The maximum atomic E-state index is 12.9. The van der Waals surface area contributed by atoms with Gasteiger partial charge in [0, 0.05) is 12.8 Å². The molecule has 0 fully saturated rings. The first-order valence-electron chi connectivity index (χ1n) is 6.73. The summed E-state index contributed by atoms with van der Waals surface area (Å²) in [6, 6.07) is 7.57. The number of hydrogen-bond acceptors (Lipinski definition) is 5. The SMILES string of the molecule is O=C(CCc1nc(-c2cccs2)no1)Nc1ccc(F)cc1Cl. The summed E-state index contributed by atoms with van der Waals surface area (Å²) >= 11 is 7.37. The second kappa shape index (κ2) is 6.89. The number of rotatable bonds is 5. The van der Waals surface area contributed by atoms with Gasteiger partial charge in [0.05, 0.1) is 15.6 Å². The Balaban J connectivity index is 1.57. The van der Waals surface area contributed by atoms with Crippen LogP contribution < -0.4 is 5.32 Å². The fourth-order valence-electron chi connectivity index (χ4n) is 1.89. The van der Waals surface area contributed by atoms with Gasteiger partial charge in [-0.25, -0.2) is 4.39 Å². The van der Waals surface area contributed by atoms with Crippen LogP contribution in [-0.2, 0) is 11.2 Å². The van der Waals surface area contributed by atoms with E-state index in [0.717, 1.165) is 10.9 Å². The molecule has 0 atom stereocenters. The van der Waals surface area contributed by atoms with Crippen molar-refractivity contribution in [3.8, 4) is 10.7 Å². The number of hydrogen-bond donors (Lipinski definition) is 1. The van der Waals surface area contributed by atoms with Crippen molar-refractivity contribution in [3.05, 3.63) is 52.4 Å². The number of carbonyl (C=O) groups is 1. The van der Waals surface area contributed by atoms with E-state index in [4.69, 9.17) is 16.1 Å². The standard InChI is InChI=1S/C15H11ClFN3O2S/c16-10-8-9(17)3-4-11(10)18-13(21)5-6-14-19-15(20-22-14)12-2-1-7-23-12/h1-4,7-8H,5-6H2,(H,18,21). The molecule has 0 aliphatic heterocycles. The number of nitrogens with zero attached hydrogens (tertiary/aromatic N) is 2. The average Bonchev–Trinajstić information content (AvgIpc) is 3.18. The third kappa shape index (κ3) is 3.94. The zero-order chi connectivity index (χ0) is 16.2. The lowest BCUT2D eigenvalue weighted by Crippen LogP contribution is -2.12. The number of amides is 1. The lowest BCUT2D eigenvalue weighted by Gasteiger charge is -2.06. The summed E-state index contributed by atoms with van der Waals surface area (Å²) in [5.41, 5.74) is 0.364. The van der Waals surface area contributed by atoms with Crippen molar-refractivity contribution in [2.75, 3.05) is 5.32 Å².